The van der Waals surface area contributed by atoms with E-state index in [1.54, 1.807) is 24.3 Å². The highest BCUT2D eigenvalue weighted by molar-refractivity contribution is 7.80. The number of para-hydroxylation sites is 2. The highest BCUT2D eigenvalue weighted by Crippen LogP contribution is 2.28. The number of carbonyl (C=O) groups is 1. The maximum atomic E-state index is 12.5. The second-order valence-corrected chi connectivity index (χ2v) is 7.39. The molecule has 2 N–H and O–H groups in total. The van der Waals surface area contributed by atoms with E-state index in [-0.39, 0.29) is 17.1 Å². The van der Waals surface area contributed by atoms with Gasteiger partial charge in [-0.1, -0.05) is 19.1 Å². The number of nitrogens with one attached hydrogen (secondary N) is 2. The predicted molar refractivity (Wildman–Crippen MR) is 118 cm³/mol. The van der Waals surface area contributed by atoms with Crippen molar-refractivity contribution >= 4 is 34.6 Å². The van der Waals surface area contributed by atoms with Crippen molar-refractivity contribution in [3.63, 3.8) is 0 Å². The van der Waals surface area contributed by atoms with Crippen LogP contribution in [0, 0.1) is 0 Å². The van der Waals surface area contributed by atoms with Crippen molar-refractivity contribution in [3.05, 3.63) is 54.1 Å². The average molecular weight is 398 g/mol. The average Bonchev–Trinajstić information content (AvgIpc) is 3.23. The number of hydrogen-bond donors (Lipinski definition) is 2. The Bertz CT molecular complexity index is 817. The van der Waals surface area contributed by atoms with Crippen LogP contribution in [0.2, 0.25) is 0 Å². The molecule has 0 radical (unpaired) electrons. The lowest BCUT2D eigenvalue weighted by Crippen LogP contribution is -2.34. The van der Waals surface area contributed by atoms with Gasteiger partial charge < -0.3 is 15.0 Å². The van der Waals surface area contributed by atoms with Gasteiger partial charge in [0, 0.05) is 18.7 Å². The molecule has 1 heterocycles. The molecule has 0 spiro atoms. The van der Waals surface area contributed by atoms with E-state index in [0.29, 0.717) is 5.56 Å². The summed E-state index contributed by atoms with van der Waals surface area (Å²) in [6, 6.07) is 15.1. The first kappa shape index (κ1) is 20.1. The van der Waals surface area contributed by atoms with Crippen LogP contribution in [0.3, 0.4) is 0 Å². The van der Waals surface area contributed by atoms with E-state index in [1.165, 1.54) is 12.8 Å². The zero-order chi connectivity index (χ0) is 19.9. The Hall–Kier alpha value is -2.60. The Labute approximate surface area is 172 Å². The molecule has 1 fully saturated rings. The first-order valence-corrected chi connectivity index (χ1v) is 10.2. The summed E-state index contributed by atoms with van der Waals surface area (Å²) >= 11 is 5.36. The summed E-state index contributed by atoms with van der Waals surface area (Å²) in [5.74, 6) is 0.511. The normalized spacial score (nSPS) is 14.4. The van der Waals surface area contributed by atoms with Crippen LogP contribution in [0.15, 0.2) is 48.5 Å². The van der Waals surface area contributed by atoms with Crippen molar-refractivity contribution in [1.82, 2.24) is 5.32 Å². The number of nitrogens with zero attached hydrogens (tertiary/aromatic N) is 1. The molecule has 6 heteroatoms. The molecule has 0 unspecified atom stereocenters. The van der Waals surface area contributed by atoms with Crippen LogP contribution in [0.25, 0.3) is 0 Å². The lowest BCUT2D eigenvalue weighted by atomic mass is 10.2. The Morgan fingerprint density at radius 3 is 2.50 bits per heavy atom. The van der Waals surface area contributed by atoms with Crippen molar-refractivity contribution in [2.75, 3.05) is 23.3 Å². The monoisotopic (exact) mass is 397 g/mol. The van der Waals surface area contributed by atoms with Gasteiger partial charge in [-0.05, 0) is 74.8 Å². The van der Waals surface area contributed by atoms with Gasteiger partial charge in [0.15, 0.2) is 5.11 Å². The van der Waals surface area contributed by atoms with E-state index in [0.717, 1.165) is 36.6 Å². The number of anilines is 2. The smallest absolute Gasteiger partial charge is 0.257 e. The van der Waals surface area contributed by atoms with Crippen molar-refractivity contribution in [2.45, 2.75) is 39.2 Å². The molecule has 3 rings (SSSR count). The molecule has 148 valence electrons. The zero-order valence-electron chi connectivity index (χ0n) is 16.4. The van der Waals surface area contributed by atoms with Gasteiger partial charge in [0.1, 0.15) is 5.75 Å². The SMILES string of the molecule is CC[C@H](C)Oc1ccc(C(=O)NC(=S)Nc2ccccc2N2CCCC2)cc1. The minimum absolute atomic E-state index is 0.145. The number of carbonyl (C=O) groups excluding carboxylic acids is 1. The summed E-state index contributed by atoms with van der Waals surface area (Å²) in [5.41, 5.74) is 2.56. The molecule has 1 aliphatic rings. The minimum atomic E-state index is -0.244. The number of thiocarbonyl (C=S) groups is 1. The van der Waals surface area contributed by atoms with Gasteiger partial charge in [-0.15, -0.1) is 0 Å². The topological polar surface area (TPSA) is 53.6 Å². The van der Waals surface area contributed by atoms with Crippen LogP contribution in [0.5, 0.6) is 5.75 Å². The Kier molecular flexibility index (Phi) is 6.87. The van der Waals surface area contributed by atoms with Gasteiger partial charge in [0.2, 0.25) is 0 Å². The van der Waals surface area contributed by atoms with E-state index in [1.807, 2.05) is 25.1 Å². The second kappa shape index (κ2) is 9.55. The van der Waals surface area contributed by atoms with Crippen molar-refractivity contribution in [3.8, 4) is 5.75 Å². The molecule has 2 aromatic carbocycles. The molecule has 1 aliphatic heterocycles. The number of rotatable bonds is 6. The molecule has 1 atom stereocenters. The van der Waals surface area contributed by atoms with E-state index in [2.05, 4.69) is 28.5 Å². The molecule has 0 saturated carbocycles. The number of amides is 1. The van der Waals surface area contributed by atoms with E-state index >= 15 is 0 Å². The summed E-state index contributed by atoms with van der Waals surface area (Å²) in [6.45, 7) is 6.18. The summed E-state index contributed by atoms with van der Waals surface area (Å²) < 4.78 is 5.75. The molecule has 0 bridgehead atoms. The third-order valence-electron chi connectivity index (χ3n) is 4.85. The molecule has 1 saturated heterocycles. The van der Waals surface area contributed by atoms with Gasteiger partial charge in [-0.3, -0.25) is 10.1 Å². The molecule has 5 nitrogen and oxygen atoms in total. The van der Waals surface area contributed by atoms with Crippen molar-refractivity contribution in [1.29, 1.82) is 0 Å². The summed E-state index contributed by atoms with van der Waals surface area (Å²) in [7, 11) is 0. The standard InChI is InChI=1S/C22H27N3O2S/c1-3-16(2)27-18-12-10-17(11-13-18)21(26)24-22(28)23-19-8-4-5-9-20(19)25-14-6-7-15-25/h4-5,8-13,16H,3,6-7,14-15H2,1-2H3,(H2,23,24,26,28)/t16-/m0/s1. The van der Waals surface area contributed by atoms with Crippen molar-refractivity contribution in [2.24, 2.45) is 0 Å². The Morgan fingerprint density at radius 1 is 1.14 bits per heavy atom. The van der Waals surface area contributed by atoms with Gasteiger partial charge >= 0.3 is 0 Å². The van der Waals surface area contributed by atoms with Crippen LogP contribution >= 0.6 is 12.2 Å². The summed E-state index contributed by atoms with van der Waals surface area (Å²) in [5, 5.41) is 6.21. The summed E-state index contributed by atoms with van der Waals surface area (Å²) in [6.07, 6.45) is 3.48. The molecule has 2 aromatic rings. The van der Waals surface area contributed by atoms with Gasteiger partial charge in [-0.2, -0.15) is 0 Å². The van der Waals surface area contributed by atoms with Crippen LogP contribution in [0.4, 0.5) is 11.4 Å². The Morgan fingerprint density at radius 2 is 1.82 bits per heavy atom. The third-order valence-corrected chi connectivity index (χ3v) is 5.06. The fourth-order valence-corrected chi connectivity index (χ4v) is 3.35. The Balaban J connectivity index is 1.60. The highest BCUT2D eigenvalue weighted by atomic mass is 32.1. The lowest BCUT2D eigenvalue weighted by Gasteiger charge is -2.22. The molecule has 0 aromatic heterocycles. The fraction of sp³-hybridized carbons (Fsp3) is 0.364. The predicted octanol–water partition coefficient (Wildman–Crippen LogP) is 4.59. The van der Waals surface area contributed by atoms with Crippen LogP contribution in [-0.2, 0) is 0 Å². The quantitative estimate of drug-likeness (QED) is 0.698. The molecule has 1 amide bonds. The van der Waals surface area contributed by atoms with E-state index < -0.39 is 0 Å². The molecular formula is C22H27N3O2S. The third kappa shape index (κ3) is 5.23. The molecular weight excluding hydrogens is 370 g/mol. The second-order valence-electron chi connectivity index (χ2n) is 6.98. The maximum absolute atomic E-state index is 12.5. The van der Waals surface area contributed by atoms with E-state index in [4.69, 9.17) is 17.0 Å². The minimum Gasteiger partial charge on any atom is -0.491 e. The lowest BCUT2D eigenvalue weighted by molar-refractivity contribution is 0.0977. The number of benzene rings is 2. The highest BCUT2D eigenvalue weighted by Gasteiger charge is 2.16. The van der Waals surface area contributed by atoms with Crippen LogP contribution in [-0.4, -0.2) is 30.2 Å². The van der Waals surface area contributed by atoms with Crippen molar-refractivity contribution < 1.29 is 9.53 Å². The van der Waals surface area contributed by atoms with Gasteiger partial charge in [-0.25, -0.2) is 0 Å². The number of hydrogen-bond acceptors (Lipinski definition) is 4. The maximum Gasteiger partial charge on any atom is 0.257 e. The fourth-order valence-electron chi connectivity index (χ4n) is 3.14. The summed E-state index contributed by atoms with van der Waals surface area (Å²) in [4.78, 5) is 14.8. The van der Waals surface area contributed by atoms with E-state index in [9.17, 15) is 4.79 Å². The van der Waals surface area contributed by atoms with Gasteiger partial charge in [0.05, 0.1) is 17.5 Å². The van der Waals surface area contributed by atoms with Gasteiger partial charge in [0.25, 0.3) is 5.91 Å². The first-order valence-electron chi connectivity index (χ1n) is 9.80. The largest absolute Gasteiger partial charge is 0.491 e. The molecule has 28 heavy (non-hydrogen) atoms. The zero-order valence-corrected chi connectivity index (χ0v) is 17.2. The first-order chi connectivity index (χ1) is 13.6. The van der Waals surface area contributed by atoms with Crippen LogP contribution in [0.1, 0.15) is 43.5 Å². The molecule has 0 aliphatic carbocycles. The van der Waals surface area contributed by atoms with Crippen LogP contribution < -0.4 is 20.3 Å². The number of ether oxygens (including phenoxy) is 1.